The molecule has 0 N–H and O–H groups in total. The van der Waals surface area contributed by atoms with Crippen LogP contribution in [-0.2, 0) is 23.4 Å². The molecule has 1 unspecified atom stereocenters. The van der Waals surface area contributed by atoms with Gasteiger partial charge in [-0.25, -0.2) is 19.1 Å². The number of aromatic nitrogens is 3. The molecule has 1 aliphatic heterocycles. The summed E-state index contributed by atoms with van der Waals surface area (Å²) in [6, 6.07) is 12.5. The summed E-state index contributed by atoms with van der Waals surface area (Å²) in [6.45, 7) is 5.22. The zero-order valence-corrected chi connectivity index (χ0v) is 22.5. The summed E-state index contributed by atoms with van der Waals surface area (Å²) < 4.78 is 37.5. The summed E-state index contributed by atoms with van der Waals surface area (Å²) in [5.74, 6) is 0.287. The second kappa shape index (κ2) is 11.4. The molecule has 11 nitrogen and oxygen atoms in total. The van der Waals surface area contributed by atoms with E-state index < -0.39 is 26.1 Å². The average Bonchev–Trinajstić information content (AvgIpc) is 3.44. The number of carbonyl (C=O) groups is 1. The fraction of sp³-hybridized carbons (Fsp3) is 0.440. The largest absolute Gasteiger partial charge is 0.459 e. The van der Waals surface area contributed by atoms with Gasteiger partial charge in [-0.15, -0.1) is 0 Å². The van der Waals surface area contributed by atoms with Crippen LogP contribution in [0, 0.1) is 5.92 Å². The molecule has 1 aliphatic rings. The number of rotatable bonds is 10. The lowest BCUT2D eigenvalue weighted by Crippen LogP contribution is -2.43. The van der Waals surface area contributed by atoms with Crippen molar-refractivity contribution in [3.8, 4) is 5.75 Å². The van der Waals surface area contributed by atoms with Gasteiger partial charge in [-0.1, -0.05) is 32.0 Å². The predicted molar refractivity (Wildman–Crippen MR) is 138 cm³/mol. The number of nitrogens with zero attached hydrogens (tertiary/aromatic N) is 5. The first-order valence-corrected chi connectivity index (χ1v) is 13.2. The van der Waals surface area contributed by atoms with Gasteiger partial charge in [0.2, 0.25) is 0 Å². The van der Waals surface area contributed by atoms with E-state index >= 15 is 0 Å². The van der Waals surface area contributed by atoms with E-state index in [9.17, 15) is 9.36 Å². The van der Waals surface area contributed by atoms with Crippen molar-refractivity contribution in [2.75, 3.05) is 20.7 Å². The smallest absolute Gasteiger partial charge is 0.367 e. The van der Waals surface area contributed by atoms with Crippen molar-refractivity contribution in [3.05, 3.63) is 54.5 Å². The van der Waals surface area contributed by atoms with Gasteiger partial charge in [0.25, 0.3) is 0 Å². The molecule has 1 fully saturated rings. The number of benzene rings is 1. The molecular weight excluding hydrogens is 497 g/mol. The molecule has 4 rings (SSSR count). The Morgan fingerprint density at radius 3 is 2.76 bits per heavy atom. The van der Waals surface area contributed by atoms with Gasteiger partial charge in [0.1, 0.15) is 35.4 Å². The van der Waals surface area contributed by atoms with Crippen LogP contribution in [0.1, 0.15) is 39.0 Å². The normalized spacial score (nSPS) is 22.5. The van der Waals surface area contributed by atoms with Crippen LogP contribution < -0.4 is 4.52 Å². The van der Waals surface area contributed by atoms with Crippen LogP contribution in [0.15, 0.2) is 53.8 Å². The van der Waals surface area contributed by atoms with E-state index in [1.54, 1.807) is 55.9 Å². The van der Waals surface area contributed by atoms with Gasteiger partial charge < -0.3 is 18.9 Å². The van der Waals surface area contributed by atoms with Crippen molar-refractivity contribution in [3.63, 3.8) is 0 Å². The fourth-order valence-corrected chi connectivity index (χ4v) is 4.71. The molecule has 198 valence electrons. The lowest BCUT2D eigenvalue weighted by Gasteiger charge is -2.30. The van der Waals surface area contributed by atoms with Crippen molar-refractivity contribution in [2.45, 2.75) is 45.0 Å². The minimum atomic E-state index is -2.87. The standard InChI is InChI=1S/C25H32N5O6P/c1-17(2)24(31)34-22-13-21(19-11-12-20-23(27-16-29(4)5)26-15-28-30(19)20)35-25(22,3)14-33-37(32)36-18-9-7-6-8-10-18/h6-12,15-17,21-22,37H,13-14H2,1-5H3/b27-16+/t21-,22+,25-/m1/s1. The minimum Gasteiger partial charge on any atom is -0.459 e. The Labute approximate surface area is 216 Å². The van der Waals surface area contributed by atoms with Gasteiger partial charge >= 0.3 is 14.2 Å². The van der Waals surface area contributed by atoms with Gasteiger partial charge in [-0.05, 0) is 31.2 Å². The first-order chi connectivity index (χ1) is 17.7. The zero-order chi connectivity index (χ0) is 26.6. The first-order valence-electron chi connectivity index (χ1n) is 12.0. The SMILES string of the molecule is CC(C)C(=O)O[C@H]1C[C@H](c2ccc3c(/N=C/N(C)C)ncnn23)O[C@]1(C)CO[PH](=O)Oc1ccccc1. The van der Waals surface area contributed by atoms with E-state index in [4.69, 9.17) is 18.5 Å². The highest BCUT2D eigenvalue weighted by Crippen LogP contribution is 2.44. The summed E-state index contributed by atoms with van der Waals surface area (Å²) in [7, 11) is 0.874. The maximum atomic E-state index is 12.5. The number of ether oxygens (including phenoxy) is 2. The van der Waals surface area contributed by atoms with Crippen molar-refractivity contribution in [2.24, 2.45) is 10.9 Å². The highest BCUT2D eigenvalue weighted by atomic mass is 31.1. The van der Waals surface area contributed by atoms with Gasteiger partial charge in [0.05, 0.1) is 24.6 Å². The molecule has 2 aromatic heterocycles. The van der Waals surface area contributed by atoms with E-state index in [1.165, 1.54) is 6.33 Å². The van der Waals surface area contributed by atoms with E-state index in [2.05, 4.69) is 15.1 Å². The summed E-state index contributed by atoms with van der Waals surface area (Å²) in [6.07, 6.45) is 2.35. The molecule has 0 aliphatic carbocycles. The molecule has 12 heteroatoms. The second-order valence-electron chi connectivity index (χ2n) is 9.54. The first kappa shape index (κ1) is 26.8. The quantitative estimate of drug-likeness (QED) is 0.165. The van der Waals surface area contributed by atoms with Crippen LogP contribution in [0.2, 0.25) is 0 Å². The summed E-state index contributed by atoms with van der Waals surface area (Å²) in [4.78, 5) is 23.0. The Hall–Kier alpha value is -3.27. The number of hydrogen-bond donors (Lipinski definition) is 0. The Balaban J connectivity index is 1.56. The number of aliphatic imine (C=N–C) groups is 1. The van der Waals surface area contributed by atoms with E-state index in [0.29, 0.717) is 23.5 Å². The summed E-state index contributed by atoms with van der Waals surface area (Å²) in [5.41, 5.74) is 0.390. The van der Waals surface area contributed by atoms with Gasteiger partial charge in [-0.3, -0.25) is 9.32 Å². The van der Waals surface area contributed by atoms with Crippen LogP contribution >= 0.6 is 8.25 Å². The maximum absolute atomic E-state index is 12.5. The van der Waals surface area contributed by atoms with Crippen molar-refractivity contribution in [1.82, 2.24) is 19.5 Å². The lowest BCUT2D eigenvalue weighted by molar-refractivity contribution is -0.165. The highest BCUT2D eigenvalue weighted by Gasteiger charge is 2.49. The molecule has 4 atom stereocenters. The Bertz CT molecular complexity index is 1280. The molecular formula is C25H32N5O6P. The van der Waals surface area contributed by atoms with Gasteiger partial charge in [-0.2, -0.15) is 5.10 Å². The Morgan fingerprint density at radius 1 is 1.30 bits per heavy atom. The van der Waals surface area contributed by atoms with Gasteiger partial charge in [0.15, 0.2) is 5.82 Å². The molecule has 3 heterocycles. The van der Waals surface area contributed by atoms with Crippen molar-refractivity contribution in [1.29, 1.82) is 0 Å². The highest BCUT2D eigenvalue weighted by molar-refractivity contribution is 7.33. The number of esters is 1. The molecule has 0 spiro atoms. The van der Waals surface area contributed by atoms with Crippen molar-refractivity contribution >= 4 is 31.9 Å². The van der Waals surface area contributed by atoms with E-state index in [1.807, 2.05) is 37.2 Å². The Kier molecular flexibility index (Phi) is 8.26. The molecule has 0 saturated carbocycles. The third kappa shape index (κ3) is 6.36. The number of hydrogen-bond acceptors (Lipinski definition) is 9. The summed E-state index contributed by atoms with van der Waals surface area (Å²) in [5, 5.41) is 4.39. The minimum absolute atomic E-state index is 0.0964. The maximum Gasteiger partial charge on any atom is 0.367 e. The number of carbonyl (C=O) groups excluding carboxylic acids is 1. The Morgan fingerprint density at radius 2 is 2.05 bits per heavy atom. The second-order valence-corrected chi connectivity index (χ2v) is 10.5. The number of fused-ring (bicyclic) bond motifs is 1. The van der Waals surface area contributed by atoms with E-state index in [0.717, 1.165) is 5.69 Å². The third-order valence-corrected chi connectivity index (χ3v) is 6.66. The van der Waals surface area contributed by atoms with Crippen LogP contribution in [0.5, 0.6) is 5.75 Å². The lowest BCUT2D eigenvalue weighted by atomic mass is 9.98. The summed E-state index contributed by atoms with van der Waals surface area (Å²) >= 11 is 0. The topological polar surface area (TPSA) is 117 Å². The van der Waals surface area contributed by atoms with E-state index in [-0.39, 0.29) is 18.5 Å². The molecule has 3 aromatic rings. The van der Waals surface area contributed by atoms with Gasteiger partial charge in [0, 0.05) is 20.5 Å². The molecule has 0 amide bonds. The van der Waals surface area contributed by atoms with Crippen LogP contribution in [0.4, 0.5) is 5.82 Å². The van der Waals surface area contributed by atoms with Crippen molar-refractivity contribution < 1.29 is 27.9 Å². The molecule has 1 aromatic carbocycles. The molecule has 1 saturated heterocycles. The average molecular weight is 530 g/mol. The molecule has 37 heavy (non-hydrogen) atoms. The molecule has 0 bridgehead atoms. The molecule has 0 radical (unpaired) electrons. The monoisotopic (exact) mass is 529 g/mol. The fourth-order valence-electron chi connectivity index (χ4n) is 3.92. The third-order valence-electron chi connectivity index (χ3n) is 5.87. The van der Waals surface area contributed by atoms with Crippen LogP contribution in [0.3, 0.4) is 0 Å². The zero-order valence-electron chi connectivity index (χ0n) is 21.5. The van der Waals surface area contributed by atoms with Crippen LogP contribution in [-0.4, -0.2) is 64.2 Å². The predicted octanol–water partition coefficient (Wildman–Crippen LogP) is 4.22. The van der Waals surface area contributed by atoms with Crippen LogP contribution in [0.25, 0.3) is 5.52 Å². The number of para-hydroxylation sites is 1.